The molecule has 12 heteroatoms. The zero-order valence-electron chi connectivity index (χ0n) is 24.4. The molecule has 1 fully saturated rings. The summed E-state index contributed by atoms with van der Waals surface area (Å²) in [5.41, 5.74) is 0.407. The number of fused-ring (bicyclic) bond motifs is 1. The van der Waals surface area contributed by atoms with Gasteiger partial charge in [0.05, 0.1) is 23.2 Å². The Morgan fingerprint density at radius 2 is 1.43 bits per heavy atom. The molecule has 3 aromatic carbocycles. The number of amides is 1. The smallest absolute Gasteiger partial charge is 0.330 e. The SMILES string of the molecule is CCOC(=O)[C@@H]1/C(=N/CS(=O)(=O)c2ccc(C)cc2)SC2=NC(c3ccccc3)(c3ccccc3)C(=O)N2[C@@H]1C(=O)OCC. The molecule has 44 heavy (non-hydrogen) atoms. The maximum absolute atomic E-state index is 14.6. The van der Waals surface area contributed by atoms with Crippen molar-refractivity contribution in [2.75, 3.05) is 19.1 Å². The number of esters is 2. The number of rotatable bonds is 9. The van der Waals surface area contributed by atoms with Crippen molar-refractivity contribution in [3.8, 4) is 0 Å². The summed E-state index contributed by atoms with van der Waals surface area (Å²) in [6.07, 6.45) is 0. The van der Waals surface area contributed by atoms with Crippen LogP contribution in [0.5, 0.6) is 0 Å². The monoisotopic (exact) mass is 633 g/mol. The second-order valence-corrected chi connectivity index (χ2v) is 13.0. The van der Waals surface area contributed by atoms with E-state index in [2.05, 4.69) is 4.99 Å². The standard InChI is InChI=1S/C32H31N3O7S2/c1-4-41-28(36)25-26(29(37)42-5-2)35-30(38)32(22-12-8-6-9-13-22,23-14-10-7-11-15-23)34-31(35)43-27(25)33-20-44(39,40)24-18-16-21(3)17-19-24/h6-19,25-26H,4-5,20H2,1-3H3/b33-27-/t25-,26-/m0/s1. The largest absolute Gasteiger partial charge is 0.465 e. The fourth-order valence-corrected chi connectivity index (χ4v) is 7.43. The zero-order chi connectivity index (χ0) is 31.5. The molecule has 228 valence electrons. The number of hydrogen-bond acceptors (Lipinski definition) is 10. The highest BCUT2D eigenvalue weighted by Crippen LogP contribution is 2.46. The Bertz CT molecular complexity index is 1680. The van der Waals surface area contributed by atoms with Gasteiger partial charge in [-0.15, -0.1) is 0 Å². The van der Waals surface area contributed by atoms with Gasteiger partial charge in [0.25, 0.3) is 5.91 Å². The van der Waals surface area contributed by atoms with Crippen LogP contribution in [0, 0.1) is 12.8 Å². The topological polar surface area (TPSA) is 132 Å². The van der Waals surface area contributed by atoms with E-state index in [-0.39, 0.29) is 28.3 Å². The Balaban J connectivity index is 1.69. The van der Waals surface area contributed by atoms with E-state index in [4.69, 9.17) is 14.5 Å². The Morgan fingerprint density at radius 3 is 1.98 bits per heavy atom. The predicted molar refractivity (Wildman–Crippen MR) is 167 cm³/mol. The fraction of sp³-hybridized carbons (Fsp3) is 0.281. The van der Waals surface area contributed by atoms with Crippen molar-refractivity contribution in [2.45, 2.75) is 37.2 Å². The molecule has 1 amide bonds. The van der Waals surface area contributed by atoms with Crippen molar-refractivity contribution >= 4 is 49.7 Å². The Kier molecular flexibility index (Phi) is 9.02. The van der Waals surface area contributed by atoms with Crippen LogP contribution in [0.4, 0.5) is 0 Å². The molecule has 0 aromatic heterocycles. The summed E-state index contributed by atoms with van der Waals surface area (Å²) < 4.78 is 37.2. The van der Waals surface area contributed by atoms with E-state index in [9.17, 15) is 22.8 Å². The average Bonchev–Trinajstić information content (AvgIpc) is 3.33. The molecule has 0 aliphatic carbocycles. The number of benzene rings is 3. The van der Waals surface area contributed by atoms with Crippen LogP contribution in [0.2, 0.25) is 0 Å². The molecule has 5 rings (SSSR count). The normalized spacial score (nSPS) is 20.2. The number of aryl methyl sites for hydroxylation is 1. The molecule has 3 aromatic rings. The molecule has 0 unspecified atom stereocenters. The van der Waals surface area contributed by atoms with Crippen LogP contribution in [0.15, 0.2) is 99.8 Å². The molecule has 10 nitrogen and oxygen atoms in total. The van der Waals surface area contributed by atoms with Crippen molar-refractivity contribution in [1.29, 1.82) is 0 Å². The highest BCUT2D eigenvalue weighted by Gasteiger charge is 2.60. The summed E-state index contributed by atoms with van der Waals surface area (Å²) in [7, 11) is -3.92. The quantitative estimate of drug-likeness (QED) is 0.322. The van der Waals surface area contributed by atoms with Crippen molar-refractivity contribution in [3.63, 3.8) is 0 Å². The minimum absolute atomic E-state index is 0.0165. The average molecular weight is 634 g/mol. The number of aliphatic imine (C=N–C) groups is 2. The molecule has 0 saturated carbocycles. The molecule has 1 saturated heterocycles. The highest BCUT2D eigenvalue weighted by molar-refractivity contribution is 8.26. The fourth-order valence-electron chi connectivity index (χ4n) is 5.20. The second kappa shape index (κ2) is 12.7. The third-order valence-corrected chi connectivity index (χ3v) is 9.80. The Hall–Kier alpha value is -4.29. The number of ether oxygens (including phenoxy) is 2. The molecule has 0 bridgehead atoms. The van der Waals surface area contributed by atoms with Gasteiger partial charge in [-0.05, 0) is 55.8 Å². The van der Waals surface area contributed by atoms with E-state index >= 15 is 0 Å². The highest BCUT2D eigenvalue weighted by atomic mass is 32.2. The summed E-state index contributed by atoms with van der Waals surface area (Å²) in [5.74, 6) is -4.41. The van der Waals surface area contributed by atoms with Crippen molar-refractivity contribution < 1.29 is 32.3 Å². The predicted octanol–water partition coefficient (Wildman–Crippen LogP) is 4.12. The molecule has 0 radical (unpaired) electrons. The van der Waals surface area contributed by atoms with Crippen molar-refractivity contribution in [2.24, 2.45) is 15.9 Å². The number of amidine groups is 1. The molecule has 0 N–H and O–H groups in total. The van der Waals surface area contributed by atoms with E-state index in [0.717, 1.165) is 17.3 Å². The lowest BCUT2D eigenvalue weighted by Crippen LogP contribution is -2.59. The third-order valence-electron chi connectivity index (χ3n) is 7.28. The van der Waals surface area contributed by atoms with Gasteiger partial charge in [-0.2, -0.15) is 0 Å². The van der Waals surface area contributed by atoms with Gasteiger partial charge in [-0.1, -0.05) is 78.4 Å². The van der Waals surface area contributed by atoms with Crippen LogP contribution in [0.25, 0.3) is 0 Å². The maximum Gasteiger partial charge on any atom is 0.330 e. The van der Waals surface area contributed by atoms with Gasteiger partial charge in [-0.3, -0.25) is 19.5 Å². The summed E-state index contributed by atoms with van der Waals surface area (Å²) in [6.45, 7) is 5.02. The maximum atomic E-state index is 14.6. The van der Waals surface area contributed by atoms with E-state index in [1.165, 1.54) is 17.0 Å². The summed E-state index contributed by atoms with van der Waals surface area (Å²) in [5, 5.41) is 0.0738. The first-order chi connectivity index (χ1) is 21.1. The number of carbonyl (C=O) groups is 3. The van der Waals surface area contributed by atoms with Gasteiger partial charge in [0.2, 0.25) is 0 Å². The number of carbonyl (C=O) groups excluding carboxylic acids is 3. The van der Waals surface area contributed by atoms with Crippen molar-refractivity contribution in [1.82, 2.24) is 4.90 Å². The third kappa shape index (κ3) is 5.67. The number of nitrogens with zero attached hydrogens (tertiary/aromatic N) is 3. The van der Waals surface area contributed by atoms with Gasteiger partial charge in [0.1, 0.15) is 11.8 Å². The molecular weight excluding hydrogens is 603 g/mol. The Labute approximate surface area is 260 Å². The van der Waals surface area contributed by atoms with E-state index in [1.54, 1.807) is 74.5 Å². The minimum atomic E-state index is -3.92. The molecule has 2 heterocycles. The summed E-state index contributed by atoms with van der Waals surface area (Å²) in [6, 6.07) is 22.6. The first-order valence-electron chi connectivity index (χ1n) is 14.0. The molecule has 2 atom stereocenters. The van der Waals surface area contributed by atoms with Gasteiger partial charge < -0.3 is 9.47 Å². The zero-order valence-corrected chi connectivity index (χ0v) is 26.0. The second-order valence-electron chi connectivity index (χ2n) is 10.1. The van der Waals surface area contributed by atoms with Gasteiger partial charge in [0, 0.05) is 0 Å². The van der Waals surface area contributed by atoms with Gasteiger partial charge in [-0.25, -0.2) is 18.2 Å². The minimum Gasteiger partial charge on any atom is -0.465 e. The number of sulfone groups is 1. The number of hydrogen-bond donors (Lipinski definition) is 0. The van der Waals surface area contributed by atoms with E-state index in [0.29, 0.717) is 11.1 Å². The first-order valence-corrected chi connectivity index (χ1v) is 16.5. The molecule has 0 spiro atoms. The van der Waals surface area contributed by atoms with Crippen LogP contribution in [-0.4, -0.2) is 66.5 Å². The molecule has 2 aliphatic rings. The van der Waals surface area contributed by atoms with E-state index in [1.807, 2.05) is 19.1 Å². The lowest BCUT2D eigenvalue weighted by molar-refractivity contribution is -0.159. The summed E-state index contributed by atoms with van der Waals surface area (Å²) in [4.78, 5) is 52.3. The van der Waals surface area contributed by atoms with Crippen LogP contribution in [0.3, 0.4) is 0 Å². The first kappa shape index (κ1) is 31.1. The lowest BCUT2D eigenvalue weighted by atomic mass is 9.82. The van der Waals surface area contributed by atoms with Crippen LogP contribution in [-0.2, 0) is 39.2 Å². The number of thioether (sulfide) groups is 1. The summed E-state index contributed by atoms with van der Waals surface area (Å²) >= 11 is 0.869. The Morgan fingerprint density at radius 1 is 0.886 bits per heavy atom. The lowest BCUT2D eigenvalue weighted by Gasteiger charge is -2.37. The van der Waals surface area contributed by atoms with Gasteiger partial charge in [0.15, 0.2) is 26.6 Å². The van der Waals surface area contributed by atoms with Gasteiger partial charge >= 0.3 is 11.9 Å². The van der Waals surface area contributed by atoms with E-state index < -0.39 is 51.1 Å². The van der Waals surface area contributed by atoms with Crippen LogP contribution < -0.4 is 0 Å². The molecule has 2 aliphatic heterocycles. The van der Waals surface area contributed by atoms with Crippen LogP contribution >= 0.6 is 11.8 Å². The van der Waals surface area contributed by atoms with Crippen molar-refractivity contribution in [3.05, 3.63) is 102 Å². The van der Waals surface area contributed by atoms with Crippen LogP contribution in [0.1, 0.15) is 30.5 Å². The molecular formula is C32H31N3O7S2.